The number of halogens is 1. The second-order valence-corrected chi connectivity index (χ2v) is 7.89. The van der Waals surface area contributed by atoms with Gasteiger partial charge in [-0.15, -0.1) is 0 Å². The Labute approximate surface area is 181 Å². The quantitative estimate of drug-likeness (QED) is 0.617. The molecule has 0 saturated carbocycles. The molecule has 30 heavy (non-hydrogen) atoms. The fourth-order valence-electron chi connectivity index (χ4n) is 3.80. The van der Waals surface area contributed by atoms with Crippen LogP contribution in [0, 0.1) is 0 Å². The summed E-state index contributed by atoms with van der Waals surface area (Å²) in [5, 5.41) is 10.2. The van der Waals surface area contributed by atoms with Crippen LogP contribution in [-0.4, -0.2) is 35.1 Å². The van der Waals surface area contributed by atoms with Gasteiger partial charge in [0.15, 0.2) is 0 Å². The highest BCUT2D eigenvalue weighted by Gasteiger charge is 2.24. The number of aliphatic hydroxyl groups excluding tert-OH is 1. The lowest BCUT2D eigenvalue weighted by Gasteiger charge is -2.32. The molecule has 3 aromatic rings. The SMILES string of the molecule is O=C(c1ccc(-c2ccccc2CO)cc1)N1CCC(Oc2ccc(Cl)cc2)CC1. The Morgan fingerprint density at radius 2 is 1.63 bits per heavy atom. The lowest BCUT2D eigenvalue weighted by Crippen LogP contribution is -2.41. The molecule has 0 radical (unpaired) electrons. The van der Waals surface area contributed by atoms with E-state index in [1.54, 1.807) is 0 Å². The van der Waals surface area contributed by atoms with Crippen LogP contribution in [0.4, 0.5) is 0 Å². The molecule has 1 aliphatic heterocycles. The van der Waals surface area contributed by atoms with E-state index in [4.69, 9.17) is 16.3 Å². The van der Waals surface area contributed by atoms with E-state index in [-0.39, 0.29) is 18.6 Å². The van der Waals surface area contributed by atoms with Crippen molar-refractivity contribution in [1.29, 1.82) is 0 Å². The highest BCUT2D eigenvalue weighted by Crippen LogP contribution is 2.25. The number of aliphatic hydroxyl groups is 1. The first kappa shape index (κ1) is 20.5. The molecule has 154 valence electrons. The Morgan fingerprint density at radius 3 is 2.30 bits per heavy atom. The van der Waals surface area contributed by atoms with Crippen LogP contribution in [-0.2, 0) is 6.61 Å². The monoisotopic (exact) mass is 421 g/mol. The van der Waals surface area contributed by atoms with Gasteiger partial charge in [0.2, 0.25) is 0 Å². The molecule has 3 aromatic carbocycles. The number of likely N-dealkylation sites (tertiary alicyclic amines) is 1. The number of piperidine rings is 1. The van der Waals surface area contributed by atoms with E-state index in [2.05, 4.69) is 0 Å². The van der Waals surface area contributed by atoms with Crippen LogP contribution in [0.15, 0.2) is 72.8 Å². The second-order valence-electron chi connectivity index (χ2n) is 7.46. The number of carbonyl (C=O) groups is 1. The van der Waals surface area contributed by atoms with Crippen molar-refractivity contribution in [2.45, 2.75) is 25.6 Å². The van der Waals surface area contributed by atoms with Gasteiger partial charge in [-0.25, -0.2) is 0 Å². The minimum absolute atomic E-state index is 0.0100. The molecular weight excluding hydrogens is 398 g/mol. The lowest BCUT2D eigenvalue weighted by atomic mass is 9.98. The van der Waals surface area contributed by atoms with Crippen LogP contribution in [0.3, 0.4) is 0 Å². The Bertz CT molecular complexity index is 994. The summed E-state index contributed by atoms with van der Waals surface area (Å²) in [5.41, 5.74) is 3.53. The number of hydrogen-bond donors (Lipinski definition) is 1. The minimum Gasteiger partial charge on any atom is -0.490 e. The third kappa shape index (κ3) is 4.66. The summed E-state index contributed by atoms with van der Waals surface area (Å²) in [6, 6.07) is 22.7. The first-order valence-electron chi connectivity index (χ1n) is 10.1. The average molecular weight is 422 g/mol. The van der Waals surface area contributed by atoms with E-state index in [0.717, 1.165) is 35.3 Å². The molecule has 0 spiro atoms. The smallest absolute Gasteiger partial charge is 0.253 e. The van der Waals surface area contributed by atoms with Crippen molar-refractivity contribution in [2.24, 2.45) is 0 Å². The van der Waals surface area contributed by atoms with Crippen LogP contribution in [0.25, 0.3) is 11.1 Å². The Balaban J connectivity index is 1.36. The minimum atomic E-state index is -0.0100. The van der Waals surface area contributed by atoms with Gasteiger partial charge in [0.1, 0.15) is 11.9 Å². The first-order valence-corrected chi connectivity index (χ1v) is 10.5. The van der Waals surface area contributed by atoms with Crippen LogP contribution in [0.5, 0.6) is 5.75 Å². The summed E-state index contributed by atoms with van der Waals surface area (Å²) in [4.78, 5) is 14.8. The van der Waals surface area contributed by atoms with Crippen molar-refractivity contribution in [2.75, 3.05) is 13.1 Å². The molecular formula is C25H24ClNO3. The number of rotatable bonds is 5. The van der Waals surface area contributed by atoms with E-state index >= 15 is 0 Å². The Morgan fingerprint density at radius 1 is 0.967 bits per heavy atom. The van der Waals surface area contributed by atoms with Gasteiger partial charge in [-0.1, -0.05) is 48.0 Å². The van der Waals surface area contributed by atoms with Crippen molar-refractivity contribution in [1.82, 2.24) is 4.90 Å². The number of hydrogen-bond acceptors (Lipinski definition) is 3. The zero-order valence-electron chi connectivity index (χ0n) is 16.6. The van der Waals surface area contributed by atoms with Crippen molar-refractivity contribution < 1.29 is 14.6 Å². The van der Waals surface area contributed by atoms with Gasteiger partial charge in [-0.05, 0) is 53.1 Å². The van der Waals surface area contributed by atoms with Crippen LogP contribution < -0.4 is 4.74 Å². The Kier molecular flexibility index (Phi) is 6.36. The molecule has 0 atom stereocenters. The van der Waals surface area contributed by atoms with E-state index in [0.29, 0.717) is 23.7 Å². The van der Waals surface area contributed by atoms with Gasteiger partial charge in [-0.3, -0.25) is 4.79 Å². The molecule has 0 unspecified atom stereocenters. The predicted octanol–water partition coefficient (Wildman–Crippen LogP) is 5.18. The summed E-state index contributed by atoms with van der Waals surface area (Å²) >= 11 is 5.92. The largest absolute Gasteiger partial charge is 0.490 e. The number of nitrogens with zero attached hydrogens (tertiary/aromatic N) is 1. The topological polar surface area (TPSA) is 49.8 Å². The number of ether oxygens (including phenoxy) is 1. The predicted molar refractivity (Wildman–Crippen MR) is 119 cm³/mol. The molecule has 1 fully saturated rings. The van der Waals surface area contributed by atoms with Gasteiger partial charge in [-0.2, -0.15) is 0 Å². The number of carbonyl (C=O) groups excluding carboxylic acids is 1. The van der Waals surface area contributed by atoms with E-state index in [1.807, 2.05) is 77.7 Å². The third-order valence-electron chi connectivity index (χ3n) is 5.48. The summed E-state index contributed by atoms with van der Waals surface area (Å²) in [7, 11) is 0. The maximum Gasteiger partial charge on any atom is 0.253 e. The summed E-state index contributed by atoms with van der Waals surface area (Å²) in [6.07, 6.45) is 1.71. The van der Waals surface area contributed by atoms with Gasteiger partial charge in [0, 0.05) is 36.5 Å². The molecule has 1 N–H and O–H groups in total. The van der Waals surface area contributed by atoms with E-state index in [9.17, 15) is 9.90 Å². The molecule has 1 heterocycles. The zero-order chi connectivity index (χ0) is 20.9. The van der Waals surface area contributed by atoms with Gasteiger partial charge in [0.25, 0.3) is 5.91 Å². The molecule has 0 aromatic heterocycles. The molecule has 0 aliphatic carbocycles. The van der Waals surface area contributed by atoms with Crippen LogP contribution in [0.1, 0.15) is 28.8 Å². The summed E-state index contributed by atoms with van der Waals surface area (Å²) < 4.78 is 6.01. The normalized spacial score (nSPS) is 14.5. The Hall–Kier alpha value is -2.82. The van der Waals surface area contributed by atoms with Crippen LogP contribution >= 0.6 is 11.6 Å². The zero-order valence-corrected chi connectivity index (χ0v) is 17.4. The van der Waals surface area contributed by atoms with E-state index < -0.39 is 0 Å². The number of benzene rings is 3. The van der Waals surface area contributed by atoms with Crippen LogP contribution in [0.2, 0.25) is 5.02 Å². The molecule has 1 amide bonds. The standard InChI is InChI=1S/C25H24ClNO3/c26-21-9-11-22(12-10-21)30-23-13-15-27(16-14-23)25(29)19-7-5-18(6-8-19)24-4-2-1-3-20(24)17-28/h1-12,23,28H,13-17H2. The summed E-state index contributed by atoms with van der Waals surface area (Å²) in [5.74, 6) is 0.852. The molecule has 4 nitrogen and oxygen atoms in total. The molecule has 4 rings (SSSR count). The van der Waals surface area contributed by atoms with Crippen molar-refractivity contribution in [3.63, 3.8) is 0 Å². The van der Waals surface area contributed by atoms with Gasteiger partial charge >= 0.3 is 0 Å². The van der Waals surface area contributed by atoms with Crippen molar-refractivity contribution >= 4 is 17.5 Å². The van der Waals surface area contributed by atoms with Gasteiger partial charge < -0.3 is 14.7 Å². The highest BCUT2D eigenvalue weighted by molar-refractivity contribution is 6.30. The summed E-state index contributed by atoms with van der Waals surface area (Å²) in [6.45, 7) is 1.34. The number of amides is 1. The van der Waals surface area contributed by atoms with E-state index in [1.165, 1.54) is 0 Å². The molecule has 1 aliphatic rings. The maximum absolute atomic E-state index is 12.9. The molecule has 0 bridgehead atoms. The molecule has 5 heteroatoms. The fraction of sp³-hybridized carbons (Fsp3) is 0.240. The van der Waals surface area contributed by atoms with Crippen molar-refractivity contribution in [3.05, 3.63) is 88.9 Å². The third-order valence-corrected chi connectivity index (χ3v) is 5.73. The second kappa shape index (κ2) is 9.33. The maximum atomic E-state index is 12.9. The fourth-order valence-corrected chi connectivity index (χ4v) is 3.92. The van der Waals surface area contributed by atoms with Crippen molar-refractivity contribution in [3.8, 4) is 16.9 Å². The lowest BCUT2D eigenvalue weighted by molar-refractivity contribution is 0.0595. The van der Waals surface area contributed by atoms with Gasteiger partial charge in [0.05, 0.1) is 6.61 Å². The average Bonchev–Trinajstić information content (AvgIpc) is 2.81. The first-order chi connectivity index (χ1) is 14.6. The molecule has 1 saturated heterocycles. The highest BCUT2D eigenvalue weighted by atomic mass is 35.5.